The van der Waals surface area contributed by atoms with Crippen molar-refractivity contribution in [2.45, 2.75) is 85.5 Å². The van der Waals surface area contributed by atoms with Gasteiger partial charge in [-0.2, -0.15) is 8.42 Å². The van der Waals surface area contributed by atoms with Crippen LogP contribution in [0.25, 0.3) is 0 Å². The van der Waals surface area contributed by atoms with Crippen LogP contribution in [0.2, 0.25) is 0 Å². The number of hydrogen-bond donors (Lipinski definition) is 3. The van der Waals surface area contributed by atoms with E-state index in [2.05, 4.69) is 44.0 Å². The van der Waals surface area contributed by atoms with Gasteiger partial charge in [0.2, 0.25) is 0 Å². The standard InChI is InChI=1S/C25H40O5S.C3H9N3/c1-20(14-16-25(4)21(2)9-6-10-22(25)3)8-5-11-23(19-30-31(26,27)28)12-7-13-24-15-17-29-18-24;1-6(2)3(4)5/h8-9,15,17-18,22-23H,5-7,10-14,16,19H2,1-4H3,(H,26,27,28);1-2H3,(H3,4,5)/b20-8+;/t22-,23?,25-;/m1./s1. The van der Waals surface area contributed by atoms with Crippen molar-refractivity contribution < 1.29 is 21.6 Å². The molecule has 2 rings (SSSR count). The SMILES string of the molecule is CC1=CCC[C@@H](C)[C@]1(C)CC/C(C)=C/CCC(CCCc1ccoc1)COS(=O)(=O)O.CN(C)C(=N)N. The van der Waals surface area contributed by atoms with Gasteiger partial charge in [-0.1, -0.05) is 37.1 Å². The molecule has 0 fully saturated rings. The van der Waals surface area contributed by atoms with Gasteiger partial charge in [-0.15, -0.1) is 0 Å². The van der Waals surface area contributed by atoms with Crippen molar-refractivity contribution in [2.75, 3.05) is 20.7 Å². The first kappa shape index (κ1) is 32.9. The van der Waals surface area contributed by atoms with Crippen molar-refractivity contribution in [1.29, 1.82) is 5.41 Å². The van der Waals surface area contributed by atoms with Gasteiger partial charge in [0.25, 0.3) is 0 Å². The lowest BCUT2D eigenvalue weighted by Crippen LogP contribution is -2.29. The number of nitrogens with two attached hydrogens (primary N) is 1. The molecular weight excluding hydrogens is 490 g/mol. The van der Waals surface area contributed by atoms with Crippen molar-refractivity contribution in [1.82, 2.24) is 4.90 Å². The van der Waals surface area contributed by atoms with Crippen LogP contribution in [0.1, 0.15) is 84.6 Å². The smallest absolute Gasteiger partial charge is 0.397 e. The molecule has 0 saturated heterocycles. The Morgan fingerprint density at radius 3 is 2.62 bits per heavy atom. The molecule has 1 aromatic heterocycles. The van der Waals surface area contributed by atoms with Crippen molar-refractivity contribution in [2.24, 2.45) is 23.0 Å². The minimum atomic E-state index is -4.40. The molecule has 1 aromatic rings. The molecule has 1 unspecified atom stereocenters. The molecule has 3 atom stereocenters. The number of aryl methyl sites for hydroxylation is 1. The van der Waals surface area contributed by atoms with Crippen LogP contribution >= 0.6 is 0 Å². The van der Waals surface area contributed by atoms with Crippen LogP contribution in [0.4, 0.5) is 0 Å². The van der Waals surface area contributed by atoms with E-state index in [4.69, 9.17) is 20.1 Å². The van der Waals surface area contributed by atoms with E-state index in [1.165, 1.54) is 35.3 Å². The lowest BCUT2D eigenvalue weighted by Gasteiger charge is -2.40. The van der Waals surface area contributed by atoms with Gasteiger partial charge in [0.15, 0.2) is 5.96 Å². The molecule has 1 heterocycles. The zero-order valence-electron chi connectivity index (χ0n) is 23.6. The molecule has 0 spiro atoms. The zero-order valence-corrected chi connectivity index (χ0v) is 24.4. The summed E-state index contributed by atoms with van der Waals surface area (Å²) in [7, 11) is -0.954. The summed E-state index contributed by atoms with van der Waals surface area (Å²) in [4.78, 5) is 1.53. The van der Waals surface area contributed by atoms with Gasteiger partial charge in [0.05, 0.1) is 19.1 Å². The quantitative estimate of drug-likeness (QED) is 0.115. The number of guanidine groups is 1. The first-order valence-corrected chi connectivity index (χ1v) is 14.6. The van der Waals surface area contributed by atoms with E-state index in [0.717, 1.165) is 44.1 Å². The monoisotopic (exact) mass is 539 g/mol. The van der Waals surface area contributed by atoms with Crippen LogP contribution in [0.5, 0.6) is 0 Å². The highest BCUT2D eigenvalue weighted by Gasteiger charge is 2.34. The predicted molar refractivity (Wildman–Crippen MR) is 151 cm³/mol. The minimum Gasteiger partial charge on any atom is -0.472 e. The van der Waals surface area contributed by atoms with Gasteiger partial charge < -0.3 is 15.1 Å². The van der Waals surface area contributed by atoms with Gasteiger partial charge in [0.1, 0.15) is 0 Å². The summed E-state index contributed by atoms with van der Waals surface area (Å²) in [5.74, 6) is 0.886. The number of hydrogen-bond acceptors (Lipinski definition) is 5. The van der Waals surface area contributed by atoms with E-state index in [1.807, 2.05) is 6.07 Å². The molecule has 1 aliphatic carbocycles. The Bertz CT molecular complexity index is 970. The Morgan fingerprint density at radius 2 is 2.08 bits per heavy atom. The van der Waals surface area contributed by atoms with Crippen LogP contribution in [0.15, 0.2) is 46.3 Å². The molecule has 37 heavy (non-hydrogen) atoms. The summed E-state index contributed by atoms with van der Waals surface area (Å²) in [5, 5.41) is 6.65. The topological polar surface area (TPSA) is 130 Å². The van der Waals surface area contributed by atoms with Crippen molar-refractivity contribution in [3.63, 3.8) is 0 Å². The number of allylic oxidation sites excluding steroid dienone is 4. The maximum atomic E-state index is 11.0. The second kappa shape index (κ2) is 16.0. The fourth-order valence-corrected chi connectivity index (χ4v) is 4.95. The van der Waals surface area contributed by atoms with Crippen LogP contribution in [0.3, 0.4) is 0 Å². The van der Waals surface area contributed by atoms with Crippen LogP contribution in [0, 0.1) is 22.7 Å². The fourth-order valence-electron chi connectivity index (χ4n) is 4.58. The van der Waals surface area contributed by atoms with Gasteiger partial charge in [-0.3, -0.25) is 9.96 Å². The highest BCUT2D eigenvalue weighted by atomic mass is 32.3. The fraction of sp³-hybridized carbons (Fsp3) is 0.679. The number of nitrogens with one attached hydrogen (secondary N) is 1. The Morgan fingerprint density at radius 1 is 1.41 bits per heavy atom. The lowest BCUT2D eigenvalue weighted by molar-refractivity contribution is 0.208. The predicted octanol–water partition coefficient (Wildman–Crippen LogP) is 6.37. The maximum absolute atomic E-state index is 11.0. The Labute approximate surface area is 224 Å². The highest BCUT2D eigenvalue weighted by molar-refractivity contribution is 7.80. The van der Waals surface area contributed by atoms with E-state index in [9.17, 15) is 8.42 Å². The van der Waals surface area contributed by atoms with Crippen molar-refractivity contribution >= 4 is 16.4 Å². The van der Waals surface area contributed by atoms with Gasteiger partial charge in [0, 0.05) is 14.1 Å². The van der Waals surface area contributed by atoms with Gasteiger partial charge in [-0.05, 0) is 101 Å². The Balaban J connectivity index is 0.00000102. The summed E-state index contributed by atoms with van der Waals surface area (Å²) in [6.45, 7) is 9.27. The van der Waals surface area contributed by atoms with Gasteiger partial charge in [-0.25, -0.2) is 4.18 Å². The number of rotatable bonds is 13. The zero-order chi connectivity index (χ0) is 28.1. The summed E-state index contributed by atoms with van der Waals surface area (Å²) < 4.78 is 40.7. The molecule has 8 nitrogen and oxygen atoms in total. The average Bonchev–Trinajstić information content (AvgIpc) is 3.33. The first-order chi connectivity index (χ1) is 17.2. The first-order valence-electron chi connectivity index (χ1n) is 13.2. The normalized spacial score (nSPS) is 21.0. The third kappa shape index (κ3) is 13.3. The molecule has 9 heteroatoms. The molecule has 0 saturated carbocycles. The third-order valence-corrected chi connectivity index (χ3v) is 8.17. The minimum absolute atomic E-state index is 0.0245. The summed E-state index contributed by atoms with van der Waals surface area (Å²) in [6, 6.07) is 1.94. The lowest BCUT2D eigenvalue weighted by atomic mass is 9.65. The van der Waals surface area contributed by atoms with Crippen LogP contribution in [-0.4, -0.2) is 44.5 Å². The molecule has 0 radical (unpaired) electrons. The summed E-state index contributed by atoms with van der Waals surface area (Å²) in [6.07, 6.45) is 17.2. The van der Waals surface area contributed by atoms with Crippen LogP contribution < -0.4 is 5.73 Å². The second-order valence-electron chi connectivity index (χ2n) is 10.8. The van der Waals surface area contributed by atoms with Gasteiger partial charge >= 0.3 is 10.4 Å². The largest absolute Gasteiger partial charge is 0.472 e. The number of furan rings is 1. The number of nitrogens with zero attached hydrogens (tertiary/aromatic N) is 1. The van der Waals surface area contributed by atoms with E-state index in [-0.39, 0.29) is 23.9 Å². The highest BCUT2D eigenvalue weighted by Crippen LogP contribution is 2.45. The maximum Gasteiger partial charge on any atom is 0.397 e. The molecule has 0 aliphatic heterocycles. The molecule has 0 amide bonds. The van der Waals surface area contributed by atoms with Crippen molar-refractivity contribution in [3.05, 3.63) is 47.5 Å². The molecule has 0 aromatic carbocycles. The van der Waals surface area contributed by atoms with Crippen molar-refractivity contribution in [3.8, 4) is 0 Å². The van der Waals surface area contributed by atoms with Crippen LogP contribution in [-0.2, 0) is 21.0 Å². The molecule has 4 N–H and O–H groups in total. The third-order valence-electron chi connectivity index (χ3n) is 7.74. The summed E-state index contributed by atoms with van der Waals surface area (Å²) in [5.41, 5.74) is 9.28. The van der Waals surface area contributed by atoms with E-state index >= 15 is 0 Å². The van der Waals surface area contributed by atoms with E-state index in [1.54, 1.807) is 26.6 Å². The molecular formula is C28H49N3O5S. The molecule has 1 aliphatic rings. The Hall–Kier alpha value is -2.10. The van der Waals surface area contributed by atoms with E-state index < -0.39 is 10.4 Å². The molecule has 212 valence electrons. The summed E-state index contributed by atoms with van der Waals surface area (Å²) >= 11 is 0. The molecule has 0 bridgehead atoms. The second-order valence-corrected chi connectivity index (χ2v) is 11.9. The van der Waals surface area contributed by atoms with E-state index in [0.29, 0.717) is 5.92 Å². The Kier molecular flexibility index (Phi) is 14.2. The average molecular weight is 540 g/mol.